The zero-order valence-electron chi connectivity index (χ0n) is 11.2. The van der Waals surface area contributed by atoms with Crippen molar-refractivity contribution in [2.45, 2.75) is 30.0 Å². The third-order valence-corrected chi connectivity index (χ3v) is 5.20. The number of thiazole rings is 1. The molecule has 0 spiro atoms. The second kappa shape index (κ2) is 6.48. The Labute approximate surface area is 125 Å². The van der Waals surface area contributed by atoms with Crippen molar-refractivity contribution < 1.29 is 17.2 Å². The van der Waals surface area contributed by atoms with E-state index in [-0.39, 0.29) is 10.9 Å². The largest absolute Gasteiger partial charge is 0.376 e. The molecule has 0 fully saturated rings. The van der Waals surface area contributed by atoms with Gasteiger partial charge in [0.15, 0.2) is 0 Å². The Balaban J connectivity index is 2.16. The Morgan fingerprint density at radius 1 is 1.29 bits per heavy atom. The van der Waals surface area contributed by atoms with Crippen LogP contribution in [0.1, 0.15) is 24.4 Å². The van der Waals surface area contributed by atoms with E-state index in [1.807, 2.05) is 12.3 Å². The quantitative estimate of drug-likeness (QED) is 0.876. The maximum Gasteiger partial charge on any atom is 0.341 e. The van der Waals surface area contributed by atoms with Crippen LogP contribution in [0.15, 0.2) is 40.7 Å². The van der Waals surface area contributed by atoms with Gasteiger partial charge in [-0.15, -0.1) is 11.3 Å². The number of rotatable bonds is 6. The summed E-state index contributed by atoms with van der Waals surface area (Å²) in [6.07, 6.45) is 2.51. The van der Waals surface area contributed by atoms with E-state index < -0.39 is 15.6 Å². The molecule has 114 valence electrons. The maximum atomic E-state index is 12.4. The summed E-state index contributed by atoms with van der Waals surface area (Å²) in [6, 6.07) is 5.32. The number of hydrogen-bond acceptors (Lipinski definition) is 5. The molecule has 2 aromatic rings. The Kier molecular flexibility index (Phi) is 4.89. The molecule has 1 aromatic heterocycles. The second-order valence-corrected chi connectivity index (χ2v) is 7.15. The molecule has 1 atom stereocenters. The summed E-state index contributed by atoms with van der Waals surface area (Å²) >= 11 is 1.52. The van der Waals surface area contributed by atoms with Gasteiger partial charge in [0, 0.05) is 17.3 Å². The van der Waals surface area contributed by atoms with E-state index in [9.17, 15) is 17.2 Å². The van der Waals surface area contributed by atoms with Gasteiger partial charge in [-0.1, -0.05) is 6.92 Å². The third-order valence-electron chi connectivity index (χ3n) is 2.92. The van der Waals surface area contributed by atoms with Crippen molar-refractivity contribution in [3.63, 3.8) is 0 Å². The number of halogens is 2. The Bertz CT molecular complexity index is 671. The van der Waals surface area contributed by atoms with Gasteiger partial charge in [-0.05, 0) is 30.7 Å². The van der Waals surface area contributed by atoms with Gasteiger partial charge in [-0.3, -0.25) is 0 Å². The molecule has 0 saturated carbocycles. The fourth-order valence-electron chi connectivity index (χ4n) is 1.79. The van der Waals surface area contributed by atoms with Gasteiger partial charge < -0.3 is 5.32 Å². The standard InChI is InChI=1S/C13H14F2N2O2S2/c1-2-11(12-16-7-8-20-12)17-9-3-5-10(6-4-9)21(18,19)13(14)15/h3-8,11,13,17H,2H2,1H3. The predicted molar refractivity (Wildman–Crippen MR) is 78.4 cm³/mol. The van der Waals surface area contributed by atoms with Crippen molar-refractivity contribution in [3.05, 3.63) is 40.8 Å². The fraction of sp³-hybridized carbons (Fsp3) is 0.308. The van der Waals surface area contributed by atoms with Crippen LogP contribution in [0.2, 0.25) is 0 Å². The molecule has 8 heteroatoms. The van der Waals surface area contributed by atoms with Crippen molar-refractivity contribution in [1.29, 1.82) is 0 Å². The fourth-order valence-corrected chi connectivity index (χ4v) is 3.28. The van der Waals surface area contributed by atoms with Crippen LogP contribution >= 0.6 is 11.3 Å². The van der Waals surface area contributed by atoms with Crippen LogP contribution in [-0.2, 0) is 9.84 Å². The number of alkyl halides is 2. The van der Waals surface area contributed by atoms with Gasteiger partial charge in [0.25, 0.3) is 0 Å². The van der Waals surface area contributed by atoms with Crippen LogP contribution in [-0.4, -0.2) is 19.2 Å². The maximum absolute atomic E-state index is 12.4. The molecule has 0 saturated heterocycles. The van der Waals surface area contributed by atoms with Crippen LogP contribution < -0.4 is 5.32 Å². The normalized spacial score (nSPS) is 13.3. The first-order chi connectivity index (χ1) is 9.95. The molecule has 0 aliphatic carbocycles. The SMILES string of the molecule is CCC(Nc1ccc(S(=O)(=O)C(F)F)cc1)c1nccs1. The van der Waals surface area contributed by atoms with Crippen molar-refractivity contribution in [3.8, 4) is 0 Å². The first-order valence-electron chi connectivity index (χ1n) is 6.23. The molecule has 2 rings (SSSR count). The molecule has 1 N–H and O–H groups in total. The average molecular weight is 332 g/mol. The van der Waals surface area contributed by atoms with Gasteiger partial charge in [0.05, 0.1) is 10.9 Å². The molecule has 0 aliphatic heterocycles. The van der Waals surface area contributed by atoms with Crippen molar-refractivity contribution in [2.75, 3.05) is 5.32 Å². The first kappa shape index (κ1) is 15.8. The van der Waals surface area contributed by atoms with Crippen molar-refractivity contribution in [2.24, 2.45) is 0 Å². The molecule has 0 radical (unpaired) electrons. The van der Waals surface area contributed by atoms with Gasteiger partial charge in [-0.2, -0.15) is 8.78 Å². The molecule has 0 aliphatic rings. The average Bonchev–Trinajstić information content (AvgIpc) is 2.99. The Hall–Kier alpha value is -1.54. The molecule has 0 amide bonds. The van der Waals surface area contributed by atoms with Crippen LogP contribution in [0.4, 0.5) is 14.5 Å². The molecular formula is C13H14F2N2O2S2. The van der Waals surface area contributed by atoms with Crippen LogP contribution in [0.3, 0.4) is 0 Å². The zero-order valence-corrected chi connectivity index (χ0v) is 12.8. The van der Waals surface area contributed by atoms with E-state index in [1.54, 1.807) is 6.20 Å². The highest BCUT2D eigenvalue weighted by Gasteiger charge is 2.26. The van der Waals surface area contributed by atoms with Gasteiger partial charge in [0.2, 0.25) is 9.84 Å². The molecule has 1 aromatic carbocycles. The molecular weight excluding hydrogens is 318 g/mol. The van der Waals surface area contributed by atoms with Gasteiger partial charge in [-0.25, -0.2) is 13.4 Å². The third kappa shape index (κ3) is 3.56. The highest BCUT2D eigenvalue weighted by atomic mass is 32.2. The van der Waals surface area contributed by atoms with Gasteiger partial charge in [0.1, 0.15) is 5.01 Å². The molecule has 0 bridgehead atoms. The predicted octanol–water partition coefficient (Wildman–Crippen LogP) is 3.70. The lowest BCUT2D eigenvalue weighted by atomic mass is 10.2. The highest BCUT2D eigenvalue weighted by molar-refractivity contribution is 7.91. The Morgan fingerprint density at radius 3 is 2.43 bits per heavy atom. The number of aromatic nitrogens is 1. The Morgan fingerprint density at radius 2 is 1.95 bits per heavy atom. The smallest absolute Gasteiger partial charge is 0.341 e. The minimum Gasteiger partial charge on any atom is -0.376 e. The van der Waals surface area contributed by atoms with E-state index in [0.717, 1.165) is 11.4 Å². The molecule has 4 nitrogen and oxygen atoms in total. The number of nitrogens with zero attached hydrogens (tertiary/aromatic N) is 1. The molecule has 1 unspecified atom stereocenters. The summed E-state index contributed by atoms with van der Waals surface area (Å²) < 4.78 is 47.5. The number of anilines is 1. The van der Waals surface area contributed by atoms with Crippen molar-refractivity contribution in [1.82, 2.24) is 4.98 Å². The van der Waals surface area contributed by atoms with E-state index >= 15 is 0 Å². The van der Waals surface area contributed by atoms with Crippen LogP contribution in [0, 0.1) is 0 Å². The minimum atomic E-state index is -4.54. The summed E-state index contributed by atoms with van der Waals surface area (Å²) in [7, 11) is -4.54. The lowest BCUT2D eigenvalue weighted by Gasteiger charge is -2.16. The number of benzene rings is 1. The van der Waals surface area contributed by atoms with Gasteiger partial charge >= 0.3 is 5.76 Å². The molecule has 1 heterocycles. The first-order valence-corrected chi connectivity index (χ1v) is 8.65. The minimum absolute atomic E-state index is 0.00237. The summed E-state index contributed by atoms with van der Waals surface area (Å²) in [5.41, 5.74) is 0.658. The van der Waals surface area contributed by atoms with Crippen molar-refractivity contribution >= 4 is 26.9 Å². The second-order valence-electron chi connectivity index (χ2n) is 4.31. The number of hydrogen-bond donors (Lipinski definition) is 1. The summed E-state index contributed by atoms with van der Waals surface area (Å²) in [4.78, 5) is 3.84. The molecule has 21 heavy (non-hydrogen) atoms. The number of sulfone groups is 1. The van der Waals surface area contributed by atoms with Crippen LogP contribution in [0.5, 0.6) is 0 Å². The monoisotopic (exact) mass is 332 g/mol. The lowest BCUT2D eigenvalue weighted by molar-refractivity contribution is 0.234. The van der Waals surface area contributed by atoms with E-state index in [0.29, 0.717) is 5.69 Å². The zero-order chi connectivity index (χ0) is 15.5. The van der Waals surface area contributed by atoms with E-state index in [2.05, 4.69) is 10.3 Å². The number of nitrogens with one attached hydrogen (secondary N) is 1. The highest BCUT2D eigenvalue weighted by Crippen LogP contribution is 2.26. The van der Waals surface area contributed by atoms with Crippen LogP contribution in [0.25, 0.3) is 0 Å². The topological polar surface area (TPSA) is 59.1 Å². The summed E-state index contributed by atoms with van der Waals surface area (Å²) in [5, 5.41) is 6.00. The summed E-state index contributed by atoms with van der Waals surface area (Å²) in [6.45, 7) is 1.99. The van der Waals surface area contributed by atoms with E-state index in [1.165, 1.54) is 35.6 Å². The summed E-state index contributed by atoms with van der Waals surface area (Å²) in [5.74, 6) is -3.41. The van der Waals surface area contributed by atoms with E-state index in [4.69, 9.17) is 0 Å². The lowest BCUT2D eigenvalue weighted by Crippen LogP contribution is -2.12.